The monoisotopic (exact) mass is 487 g/mol. The lowest BCUT2D eigenvalue weighted by Crippen LogP contribution is -2.49. The lowest BCUT2D eigenvalue weighted by molar-refractivity contribution is 0.371. The Hall–Kier alpha value is -3.46. The standard InChI is InChI=1S/C27H30FN7O/c1-4-13-5-6-15(11-31-12(13)2)36-27-33-25-23-22-16(18(28)10-20(30-3)24(22)32-25)9-21-17-7-14(8-19(17)29)35(21)26(23)34-27/h6,10-11,14,17,19,21,30H,4-5,7-9,29H2,1-3H3,(H,32,33,34). The topological polar surface area (TPSA) is 104 Å². The van der Waals surface area contributed by atoms with Gasteiger partial charge in [0, 0.05) is 41.8 Å². The molecular weight excluding hydrogens is 457 g/mol. The van der Waals surface area contributed by atoms with E-state index in [9.17, 15) is 0 Å². The Labute approximate surface area is 208 Å². The van der Waals surface area contributed by atoms with Crippen molar-refractivity contribution in [1.82, 2.24) is 15.0 Å². The second kappa shape index (κ2) is 7.77. The molecule has 0 spiro atoms. The number of nitrogens with zero attached hydrogens (tertiary/aromatic N) is 4. The summed E-state index contributed by atoms with van der Waals surface area (Å²) in [4.78, 5) is 20.1. The Bertz CT molecular complexity index is 1520. The van der Waals surface area contributed by atoms with Crippen LogP contribution >= 0.6 is 0 Å². The van der Waals surface area contributed by atoms with E-state index in [0.29, 0.717) is 35.0 Å². The summed E-state index contributed by atoms with van der Waals surface area (Å²) in [5.74, 6) is 1.55. The molecule has 36 heavy (non-hydrogen) atoms. The van der Waals surface area contributed by atoms with Crippen LogP contribution in [0, 0.1) is 11.7 Å². The number of hydrogen-bond acceptors (Lipinski definition) is 7. The van der Waals surface area contributed by atoms with Crippen LogP contribution in [0.5, 0.6) is 6.01 Å². The van der Waals surface area contributed by atoms with E-state index in [4.69, 9.17) is 20.4 Å². The third kappa shape index (κ3) is 2.98. The van der Waals surface area contributed by atoms with Gasteiger partial charge >= 0.3 is 6.01 Å². The highest BCUT2D eigenvalue weighted by Crippen LogP contribution is 2.51. The molecule has 0 radical (unpaired) electrons. The van der Waals surface area contributed by atoms with Crippen LogP contribution < -0.4 is 20.7 Å². The van der Waals surface area contributed by atoms with Crippen molar-refractivity contribution in [2.24, 2.45) is 16.6 Å². The van der Waals surface area contributed by atoms with Crippen LogP contribution in [0.4, 0.5) is 15.9 Å². The first kappa shape index (κ1) is 21.8. The maximum atomic E-state index is 15.5. The van der Waals surface area contributed by atoms with Gasteiger partial charge in [-0.3, -0.25) is 4.99 Å². The highest BCUT2D eigenvalue weighted by atomic mass is 19.1. The smallest absolute Gasteiger partial charge is 0.326 e. The first-order valence-corrected chi connectivity index (χ1v) is 12.8. The fourth-order valence-corrected chi connectivity index (χ4v) is 6.85. The number of benzene rings is 1. The van der Waals surface area contributed by atoms with Gasteiger partial charge in [-0.05, 0) is 62.7 Å². The minimum atomic E-state index is -0.202. The number of ether oxygens (including phenoxy) is 1. The number of fused-ring (bicyclic) bond motifs is 6. The first-order valence-electron chi connectivity index (χ1n) is 12.8. The van der Waals surface area contributed by atoms with E-state index >= 15 is 4.39 Å². The summed E-state index contributed by atoms with van der Waals surface area (Å²) in [6.45, 7) is 4.16. The van der Waals surface area contributed by atoms with Crippen LogP contribution in [0.1, 0.15) is 45.1 Å². The van der Waals surface area contributed by atoms with E-state index in [1.807, 2.05) is 13.0 Å². The summed E-state index contributed by atoms with van der Waals surface area (Å²) < 4.78 is 21.7. The normalized spacial score (nSPS) is 26.6. The van der Waals surface area contributed by atoms with Crippen molar-refractivity contribution in [2.75, 3.05) is 17.3 Å². The molecule has 2 aromatic heterocycles. The first-order chi connectivity index (χ1) is 17.5. The van der Waals surface area contributed by atoms with E-state index < -0.39 is 0 Å². The molecule has 4 N–H and O–H groups in total. The number of nitrogens with one attached hydrogen (secondary N) is 2. The van der Waals surface area contributed by atoms with Gasteiger partial charge in [0.05, 0.1) is 22.8 Å². The molecule has 186 valence electrons. The summed E-state index contributed by atoms with van der Waals surface area (Å²) in [5.41, 5.74) is 11.7. The van der Waals surface area contributed by atoms with Crippen LogP contribution in [0.15, 0.2) is 34.2 Å². The lowest BCUT2D eigenvalue weighted by atomic mass is 9.89. The van der Waals surface area contributed by atoms with Crippen molar-refractivity contribution in [1.29, 1.82) is 0 Å². The highest BCUT2D eigenvalue weighted by molar-refractivity contribution is 6.16. The molecule has 3 aromatic rings. The summed E-state index contributed by atoms with van der Waals surface area (Å²) in [5, 5.41) is 4.86. The van der Waals surface area contributed by atoms with Gasteiger partial charge in [0.2, 0.25) is 0 Å². The van der Waals surface area contributed by atoms with Crippen LogP contribution in [0.3, 0.4) is 0 Å². The molecule has 0 amide bonds. The Kier molecular flexibility index (Phi) is 4.70. The molecule has 7 rings (SSSR count). The van der Waals surface area contributed by atoms with Crippen molar-refractivity contribution in [2.45, 2.75) is 64.1 Å². The Morgan fingerprint density at radius 2 is 2.14 bits per heavy atom. The van der Waals surface area contributed by atoms with Gasteiger partial charge in [-0.1, -0.05) is 6.92 Å². The summed E-state index contributed by atoms with van der Waals surface area (Å²) in [7, 11) is 1.80. The fourth-order valence-electron chi connectivity index (χ4n) is 6.85. The van der Waals surface area contributed by atoms with Crippen molar-refractivity contribution >= 4 is 39.7 Å². The van der Waals surface area contributed by atoms with Gasteiger partial charge in [-0.25, -0.2) is 4.39 Å². The number of anilines is 2. The molecule has 2 bridgehead atoms. The summed E-state index contributed by atoms with van der Waals surface area (Å²) in [6.07, 6.45) is 8.02. The van der Waals surface area contributed by atoms with E-state index in [1.54, 1.807) is 19.3 Å². The Balaban J connectivity index is 1.41. The molecule has 4 unspecified atom stereocenters. The molecule has 5 heterocycles. The van der Waals surface area contributed by atoms with Crippen LogP contribution in [0.2, 0.25) is 0 Å². The van der Waals surface area contributed by atoms with E-state index in [2.05, 4.69) is 27.1 Å². The predicted octanol–water partition coefficient (Wildman–Crippen LogP) is 4.56. The zero-order valence-electron chi connectivity index (χ0n) is 20.7. The van der Waals surface area contributed by atoms with Crippen LogP contribution in [0.25, 0.3) is 21.9 Å². The molecule has 3 aliphatic heterocycles. The molecule has 1 aliphatic carbocycles. The number of aliphatic imine (C=N–C) groups is 1. The number of hydrogen-bond donors (Lipinski definition) is 3. The van der Waals surface area contributed by atoms with Crippen molar-refractivity contribution in [3.63, 3.8) is 0 Å². The zero-order valence-corrected chi connectivity index (χ0v) is 20.7. The second-order valence-corrected chi connectivity index (χ2v) is 10.4. The molecule has 1 aromatic carbocycles. The minimum absolute atomic E-state index is 0.104. The van der Waals surface area contributed by atoms with Crippen molar-refractivity contribution in [3.8, 4) is 6.01 Å². The summed E-state index contributed by atoms with van der Waals surface area (Å²) >= 11 is 0. The number of aromatic amines is 1. The highest BCUT2D eigenvalue weighted by Gasteiger charge is 2.52. The lowest BCUT2D eigenvalue weighted by Gasteiger charge is -2.38. The number of rotatable bonds is 4. The van der Waals surface area contributed by atoms with Gasteiger partial charge in [0.15, 0.2) is 0 Å². The quantitative estimate of drug-likeness (QED) is 0.498. The third-order valence-corrected chi connectivity index (χ3v) is 8.64. The van der Waals surface area contributed by atoms with Gasteiger partial charge in [0.25, 0.3) is 0 Å². The number of halogens is 1. The van der Waals surface area contributed by atoms with Crippen LogP contribution in [-0.2, 0) is 6.42 Å². The number of H-pyrrole nitrogens is 1. The molecule has 4 aliphatic rings. The van der Waals surface area contributed by atoms with E-state index in [0.717, 1.165) is 53.5 Å². The van der Waals surface area contributed by atoms with Gasteiger partial charge in [-0.15, -0.1) is 0 Å². The molecule has 2 fully saturated rings. The molecule has 1 saturated carbocycles. The largest absolute Gasteiger partial charge is 0.423 e. The number of allylic oxidation sites excluding steroid dienone is 4. The molecule has 4 atom stereocenters. The maximum Gasteiger partial charge on any atom is 0.326 e. The molecule has 8 nitrogen and oxygen atoms in total. The zero-order chi connectivity index (χ0) is 24.7. The number of aromatic nitrogens is 3. The SMILES string of the molecule is CCC1=C(C)N=CC(Oc2nc3c4c(n2)[nH]c2c(NC)cc(F)c(c24)CC2C4CC(CC4N)N32)=CC1. The van der Waals surface area contributed by atoms with Crippen molar-refractivity contribution < 1.29 is 9.13 Å². The van der Waals surface area contributed by atoms with Gasteiger partial charge in [0.1, 0.15) is 23.0 Å². The van der Waals surface area contributed by atoms with Gasteiger partial charge in [-0.2, -0.15) is 9.97 Å². The Morgan fingerprint density at radius 1 is 1.28 bits per heavy atom. The van der Waals surface area contributed by atoms with Crippen molar-refractivity contribution in [3.05, 3.63) is 40.6 Å². The van der Waals surface area contributed by atoms with E-state index in [1.165, 1.54) is 5.57 Å². The van der Waals surface area contributed by atoms with E-state index in [-0.39, 0.29) is 30.0 Å². The second-order valence-electron chi connectivity index (χ2n) is 10.4. The molecule has 1 saturated heterocycles. The number of piperidine rings is 1. The molecule has 9 heteroatoms. The van der Waals surface area contributed by atoms with Gasteiger partial charge < -0.3 is 25.7 Å². The average molecular weight is 488 g/mol. The summed E-state index contributed by atoms with van der Waals surface area (Å²) in [6, 6.07) is 2.36. The minimum Gasteiger partial charge on any atom is -0.423 e. The predicted molar refractivity (Wildman–Crippen MR) is 140 cm³/mol. The third-order valence-electron chi connectivity index (χ3n) is 8.64. The van der Waals surface area contributed by atoms with Crippen LogP contribution in [-0.4, -0.2) is 46.3 Å². The average Bonchev–Trinajstić information content (AvgIpc) is 3.46. The number of nitrogens with two attached hydrogens (primary N) is 1. The Morgan fingerprint density at radius 3 is 2.94 bits per heavy atom. The fraction of sp³-hybridized carbons (Fsp3) is 0.444. The maximum absolute atomic E-state index is 15.5. The molecular formula is C27H30FN7O.